The van der Waals surface area contributed by atoms with E-state index in [1.807, 2.05) is 4.90 Å². The largest absolute Gasteiger partial charge is 0.467 e. The third kappa shape index (κ3) is 3.78. The summed E-state index contributed by atoms with van der Waals surface area (Å²) in [6.45, 7) is 1.38. The Labute approximate surface area is 145 Å². The van der Waals surface area contributed by atoms with Crippen molar-refractivity contribution >= 4 is 11.9 Å². The number of carbonyl (C=O) groups excluding carboxylic acids is 1. The molecule has 1 aliphatic heterocycles. The monoisotopic (exact) mass is 347 g/mol. The maximum atomic E-state index is 12.4. The lowest BCUT2D eigenvalue weighted by atomic mass is 10.1. The smallest absolute Gasteiger partial charge is 0.324 e. The van der Waals surface area contributed by atoms with Crippen LogP contribution >= 0.6 is 0 Å². The molecule has 2 aromatic rings. The number of anilines is 1. The molecule has 1 N–H and O–H groups in total. The van der Waals surface area contributed by atoms with E-state index >= 15 is 0 Å². The zero-order valence-corrected chi connectivity index (χ0v) is 14.5. The maximum absolute atomic E-state index is 12.4. The third-order valence-corrected chi connectivity index (χ3v) is 4.04. The Bertz CT molecular complexity index is 726. The molecular formula is C15H21N7O3. The molecule has 134 valence electrons. The summed E-state index contributed by atoms with van der Waals surface area (Å²) < 4.78 is 11.9. The number of aromatic nitrogens is 5. The van der Waals surface area contributed by atoms with Crippen LogP contribution in [0.15, 0.2) is 12.5 Å². The zero-order chi connectivity index (χ0) is 17.8. The van der Waals surface area contributed by atoms with Gasteiger partial charge in [-0.15, -0.1) is 4.98 Å². The topological polar surface area (TPSA) is 107 Å². The number of piperidine rings is 1. The molecule has 1 fully saturated rings. The van der Waals surface area contributed by atoms with E-state index in [1.54, 1.807) is 24.1 Å². The van der Waals surface area contributed by atoms with Crippen LogP contribution in [-0.4, -0.2) is 63.8 Å². The van der Waals surface area contributed by atoms with Crippen molar-refractivity contribution in [2.75, 3.05) is 32.2 Å². The van der Waals surface area contributed by atoms with Crippen LogP contribution in [0.25, 0.3) is 0 Å². The zero-order valence-electron chi connectivity index (χ0n) is 14.5. The summed E-state index contributed by atoms with van der Waals surface area (Å²) in [5, 5.41) is 3.04. The quantitative estimate of drug-likeness (QED) is 0.807. The molecule has 25 heavy (non-hydrogen) atoms. The van der Waals surface area contributed by atoms with E-state index in [-0.39, 0.29) is 24.0 Å². The number of amides is 1. The Balaban J connectivity index is 1.71. The third-order valence-electron chi connectivity index (χ3n) is 4.04. The van der Waals surface area contributed by atoms with Crippen molar-refractivity contribution in [3.8, 4) is 12.0 Å². The van der Waals surface area contributed by atoms with Gasteiger partial charge in [0.15, 0.2) is 0 Å². The fourth-order valence-corrected chi connectivity index (χ4v) is 2.76. The van der Waals surface area contributed by atoms with Gasteiger partial charge >= 0.3 is 12.0 Å². The average molecular weight is 347 g/mol. The Morgan fingerprint density at radius 2 is 1.96 bits per heavy atom. The van der Waals surface area contributed by atoms with Crippen LogP contribution in [0.5, 0.6) is 12.0 Å². The van der Waals surface area contributed by atoms with Crippen molar-refractivity contribution in [2.24, 2.45) is 7.05 Å². The van der Waals surface area contributed by atoms with Gasteiger partial charge in [-0.3, -0.25) is 4.79 Å². The molecule has 1 unspecified atom stereocenters. The van der Waals surface area contributed by atoms with Crippen LogP contribution in [0.1, 0.15) is 23.3 Å². The highest BCUT2D eigenvalue weighted by atomic mass is 16.5. The van der Waals surface area contributed by atoms with Crippen LogP contribution in [0.2, 0.25) is 0 Å². The molecule has 1 atom stereocenters. The minimum Gasteiger partial charge on any atom is -0.467 e. The molecule has 0 radical (unpaired) electrons. The molecule has 10 heteroatoms. The highest BCUT2D eigenvalue weighted by molar-refractivity contribution is 5.92. The fraction of sp³-hybridized carbons (Fsp3) is 0.533. The average Bonchev–Trinajstić information content (AvgIpc) is 3.07. The second-order valence-corrected chi connectivity index (χ2v) is 5.76. The van der Waals surface area contributed by atoms with Crippen LogP contribution in [-0.2, 0) is 7.05 Å². The first-order chi connectivity index (χ1) is 12.1. The second-order valence-electron chi connectivity index (χ2n) is 5.76. The van der Waals surface area contributed by atoms with E-state index in [9.17, 15) is 4.79 Å². The Morgan fingerprint density at radius 1 is 1.24 bits per heavy atom. The molecule has 1 saturated heterocycles. The van der Waals surface area contributed by atoms with Crippen molar-refractivity contribution in [3.63, 3.8) is 0 Å². The van der Waals surface area contributed by atoms with Gasteiger partial charge < -0.3 is 24.3 Å². The van der Waals surface area contributed by atoms with Crippen molar-refractivity contribution in [1.29, 1.82) is 0 Å². The Kier molecular flexibility index (Phi) is 4.96. The fourth-order valence-electron chi connectivity index (χ4n) is 2.76. The summed E-state index contributed by atoms with van der Waals surface area (Å²) in [6.07, 6.45) is 4.95. The number of imidazole rings is 1. The molecule has 3 heterocycles. The van der Waals surface area contributed by atoms with Gasteiger partial charge in [-0.05, 0) is 12.8 Å². The van der Waals surface area contributed by atoms with Crippen molar-refractivity contribution < 1.29 is 14.3 Å². The van der Waals surface area contributed by atoms with Crippen LogP contribution < -0.4 is 19.7 Å². The van der Waals surface area contributed by atoms with Gasteiger partial charge in [0.1, 0.15) is 5.69 Å². The van der Waals surface area contributed by atoms with E-state index in [2.05, 4.69) is 25.3 Å². The SMILES string of the molecule is COc1nc(OC)nc(N2CCCC(NC(=O)c3cncn3C)C2)n1. The van der Waals surface area contributed by atoms with Gasteiger partial charge in [-0.1, -0.05) is 0 Å². The lowest BCUT2D eigenvalue weighted by Crippen LogP contribution is -2.48. The first kappa shape index (κ1) is 16.9. The van der Waals surface area contributed by atoms with Gasteiger partial charge in [-0.25, -0.2) is 4.98 Å². The Hall–Kier alpha value is -2.91. The number of aryl methyl sites for hydroxylation is 1. The standard InChI is InChI=1S/C15H21N7O3/c1-21-9-16-7-11(21)12(23)17-10-5-4-6-22(8-10)13-18-14(24-2)20-15(19-13)25-3/h7,9-10H,4-6,8H2,1-3H3,(H,17,23). The number of ether oxygens (including phenoxy) is 2. The lowest BCUT2D eigenvalue weighted by molar-refractivity contribution is 0.0924. The molecular weight excluding hydrogens is 326 g/mol. The number of carbonyl (C=O) groups is 1. The molecule has 10 nitrogen and oxygen atoms in total. The van der Waals surface area contributed by atoms with Crippen LogP contribution in [0, 0.1) is 0 Å². The molecule has 3 rings (SSSR count). The van der Waals surface area contributed by atoms with Gasteiger partial charge in [0, 0.05) is 26.2 Å². The highest BCUT2D eigenvalue weighted by Gasteiger charge is 2.25. The molecule has 0 saturated carbocycles. The van der Waals surface area contributed by atoms with Gasteiger partial charge in [-0.2, -0.15) is 9.97 Å². The van der Waals surface area contributed by atoms with Crippen molar-refractivity contribution in [2.45, 2.75) is 18.9 Å². The van der Waals surface area contributed by atoms with Crippen LogP contribution in [0.3, 0.4) is 0 Å². The summed E-state index contributed by atoms with van der Waals surface area (Å²) in [5.41, 5.74) is 0.528. The van der Waals surface area contributed by atoms with Gasteiger partial charge in [0.25, 0.3) is 5.91 Å². The van der Waals surface area contributed by atoms with E-state index in [1.165, 1.54) is 14.2 Å². The molecule has 0 bridgehead atoms. The predicted octanol–water partition coefficient (Wildman–Crippen LogP) is 0.0211. The normalized spacial score (nSPS) is 17.2. The summed E-state index contributed by atoms with van der Waals surface area (Å²) in [4.78, 5) is 30.9. The first-order valence-electron chi connectivity index (χ1n) is 7.97. The molecule has 1 aliphatic rings. The van der Waals surface area contributed by atoms with E-state index < -0.39 is 0 Å². The first-order valence-corrected chi connectivity index (χ1v) is 7.97. The summed E-state index contributed by atoms with van der Waals surface area (Å²) in [6, 6.07) is 0.385. The summed E-state index contributed by atoms with van der Waals surface area (Å²) in [7, 11) is 4.77. The van der Waals surface area contributed by atoms with E-state index in [0.717, 1.165) is 19.4 Å². The Morgan fingerprint density at radius 3 is 2.56 bits per heavy atom. The number of methoxy groups -OCH3 is 2. The predicted molar refractivity (Wildman–Crippen MR) is 88.8 cm³/mol. The van der Waals surface area contributed by atoms with Gasteiger partial charge in [0.05, 0.1) is 26.7 Å². The van der Waals surface area contributed by atoms with E-state index in [4.69, 9.17) is 9.47 Å². The number of hydrogen-bond donors (Lipinski definition) is 1. The number of nitrogens with one attached hydrogen (secondary N) is 1. The van der Waals surface area contributed by atoms with Gasteiger partial charge in [0.2, 0.25) is 5.95 Å². The summed E-state index contributed by atoms with van der Waals surface area (Å²) in [5.74, 6) is 0.334. The number of rotatable bonds is 5. The number of nitrogens with zero attached hydrogens (tertiary/aromatic N) is 6. The molecule has 0 aromatic carbocycles. The minimum absolute atomic E-state index is 0.00935. The molecule has 2 aromatic heterocycles. The molecule has 0 spiro atoms. The lowest BCUT2D eigenvalue weighted by Gasteiger charge is -2.33. The summed E-state index contributed by atoms with van der Waals surface area (Å²) >= 11 is 0. The highest BCUT2D eigenvalue weighted by Crippen LogP contribution is 2.20. The maximum Gasteiger partial charge on any atom is 0.324 e. The molecule has 1 amide bonds. The van der Waals surface area contributed by atoms with Crippen molar-refractivity contribution in [1.82, 2.24) is 29.8 Å². The molecule has 0 aliphatic carbocycles. The van der Waals surface area contributed by atoms with Crippen LogP contribution in [0.4, 0.5) is 5.95 Å². The number of hydrogen-bond acceptors (Lipinski definition) is 8. The van der Waals surface area contributed by atoms with Crippen molar-refractivity contribution in [3.05, 3.63) is 18.2 Å². The second kappa shape index (κ2) is 7.32. The van der Waals surface area contributed by atoms with E-state index in [0.29, 0.717) is 18.2 Å². The minimum atomic E-state index is -0.141.